The molecule has 0 aliphatic carbocycles. The maximum Gasteiger partial charge on any atom is 0.329 e. The minimum atomic E-state index is -1.43. The van der Waals surface area contributed by atoms with Crippen molar-refractivity contribution in [3.8, 4) is 11.4 Å². The van der Waals surface area contributed by atoms with Crippen molar-refractivity contribution in [3.63, 3.8) is 0 Å². The van der Waals surface area contributed by atoms with Gasteiger partial charge in [0, 0.05) is 18.0 Å². The Hall–Kier alpha value is -1.94. The molecule has 0 amide bonds. The van der Waals surface area contributed by atoms with E-state index in [4.69, 9.17) is 11.6 Å². The number of aromatic nitrogens is 2. The van der Waals surface area contributed by atoms with E-state index in [2.05, 4.69) is 16.9 Å². The van der Waals surface area contributed by atoms with Crippen LogP contribution in [-0.2, 0) is 16.1 Å². The van der Waals surface area contributed by atoms with Crippen LogP contribution in [0.4, 0.5) is 0 Å². The van der Waals surface area contributed by atoms with Gasteiger partial charge >= 0.3 is 5.97 Å². The molecule has 2 aromatic rings. The number of alkyl halides is 1. The van der Waals surface area contributed by atoms with Crippen molar-refractivity contribution in [2.45, 2.75) is 82.9 Å². The zero-order chi connectivity index (χ0) is 21.1. The van der Waals surface area contributed by atoms with Crippen LogP contribution in [0.5, 0.6) is 0 Å². The topological polar surface area (TPSA) is 63.1 Å². The number of halogens is 1. The van der Waals surface area contributed by atoms with Gasteiger partial charge in [0.25, 0.3) is 0 Å². The summed E-state index contributed by atoms with van der Waals surface area (Å²) in [6, 6.07) is 7.06. The lowest BCUT2D eigenvalue weighted by Gasteiger charge is -2.17. The molecule has 1 atom stereocenters. The summed E-state index contributed by atoms with van der Waals surface area (Å²) < 4.78 is 0. The number of aliphatic carboxylic acids is 1. The number of aryl methyl sites for hydroxylation is 1. The van der Waals surface area contributed by atoms with E-state index < -0.39 is 10.8 Å². The smallest absolute Gasteiger partial charge is 0.329 e. The fourth-order valence-electron chi connectivity index (χ4n) is 3.33. The van der Waals surface area contributed by atoms with Crippen LogP contribution in [0, 0.1) is 0 Å². The number of carboxylic acids is 1. The summed E-state index contributed by atoms with van der Waals surface area (Å²) in [5.41, 5.74) is 2.55. The Kier molecular flexibility index (Phi) is 9.59. The summed E-state index contributed by atoms with van der Waals surface area (Å²) in [6.07, 6.45) is 16.7. The zero-order valence-corrected chi connectivity index (χ0v) is 18.4. The van der Waals surface area contributed by atoms with Gasteiger partial charge in [0.05, 0.1) is 0 Å². The van der Waals surface area contributed by atoms with E-state index in [1.54, 1.807) is 12.1 Å². The van der Waals surface area contributed by atoms with Crippen LogP contribution in [0.15, 0.2) is 36.7 Å². The van der Waals surface area contributed by atoms with E-state index in [1.165, 1.54) is 64.7 Å². The number of rotatable bonds is 13. The SMILES string of the molecule is CCCCCCCCCCCc1cnc(-c2ccc([C@@](C)(Cl)C(=O)O)cc2)nc1. The third-order valence-corrected chi connectivity index (χ3v) is 5.74. The fraction of sp³-hybridized carbons (Fsp3) is 0.542. The van der Waals surface area contributed by atoms with Gasteiger partial charge in [-0.1, -0.05) is 82.6 Å². The van der Waals surface area contributed by atoms with E-state index in [1.807, 2.05) is 24.5 Å². The molecule has 0 unspecified atom stereocenters. The lowest BCUT2D eigenvalue weighted by molar-refractivity contribution is -0.139. The number of unbranched alkanes of at least 4 members (excludes halogenated alkanes) is 8. The number of benzene rings is 1. The van der Waals surface area contributed by atoms with E-state index in [9.17, 15) is 9.90 Å². The van der Waals surface area contributed by atoms with Crippen LogP contribution in [0.3, 0.4) is 0 Å². The van der Waals surface area contributed by atoms with Gasteiger partial charge in [0.2, 0.25) is 0 Å². The van der Waals surface area contributed by atoms with Crippen molar-refractivity contribution in [1.29, 1.82) is 0 Å². The summed E-state index contributed by atoms with van der Waals surface area (Å²) in [5.74, 6) is -0.428. The zero-order valence-electron chi connectivity index (χ0n) is 17.7. The fourth-order valence-corrected chi connectivity index (χ4v) is 3.45. The Morgan fingerprint density at radius 3 is 1.97 bits per heavy atom. The van der Waals surface area contributed by atoms with Crippen LogP contribution in [0.1, 0.15) is 82.8 Å². The van der Waals surface area contributed by atoms with E-state index >= 15 is 0 Å². The Morgan fingerprint density at radius 1 is 0.931 bits per heavy atom. The molecule has 1 aromatic heterocycles. The van der Waals surface area contributed by atoms with Gasteiger partial charge in [0.15, 0.2) is 10.7 Å². The number of hydrogen-bond donors (Lipinski definition) is 1. The molecular formula is C24H33ClN2O2. The number of nitrogens with zero attached hydrogens (tertiary/aromatic N) is 2. The van der Waals surface area contributed by atoms with Crippen LogP contribution in [0.25, 0.3) is 11.4 Å². The minimum Gasteiger partial charge on any atom is -0.480 e. The van der Waals surface area contributed by atoms with Crippen molar-refractivity contribution >= 4 is 17.6 Å². The molecule has 0 spiro atoms. The van der Waals surface area contributed by atoms with Gasteiger partial charge in [-0.15, -0.1) is 11.6 Å². The monoisotopic (exact) mass is 416 g/mol. The Bertz CT molecular complexity index is 742. The van der Waals surface area contributed by atoms with Crippen molar-refractivity contribution in [2.24, 2.45) is 0 Å². The van der Waals surface area contributed by atoms with E-state index in [0.717, 1.165) is 17.5 Å². The molecule has 1 heterocycles. The van der Waals surface area contributed by atoms with Crippen molar-refractivity contribution in [2.75, 3.05) is 0 Å². The van der Waals surface area contributed by atoms with Crippen LogP contribution < -0.4 is 0 Å². The van der Waals surface area contributed by atoms with Crippen molar-refractivity contribution in [1.82, 2.24) is 9.97 Å². The molecule has 4 nitrogen and oxygen atoms in total. The average molecular weight is 417 g/mol. The number of carboxylic acid groups (broad SMARTS) is 1. The average Bonchev–Trinajstić information content (AvgIpc) is 2.73. The predicted molar refractivity (Wildman–Crippen MR) is 119 cm³/mol. The second-order valence-corrected chi connectivity index (χ2v) is 8.63. The minimum absolute atomic E-state index is 0.539. The molecule has 29 heavy (non-hydrogen) atoms. The molecule has 0 saturated heterocycles. The van der Waals surface area contributed by atoms with E-state index in [-0.39, 0.29) is 0 Å². The van der Waals surface area contributed by atoms with Crippen molar-refractivity contribution < 1.29 is 9.90 Å². The van der Waals surface area contributed by atoms with E-state index in [0.29, 0.717) is 11.4 Å². The highest BCUT2D eigenvalue weighted by Gasteiger charge is 2.32. The molecule has 2 rings (SSSR count). The maximum absolute atomic E-state index is 11.3. The Morgan fingerprint density at radius 2 is 1.45 bits per heavy atom. The largest absolute Gasteiger partial charge is 0.480 e. The normalized spacial score (nSPS) is 13.2. The number of hydrogen-bond acceptors (Lipinski definition) is 3. The first kappa shape index (κ1) is 23.3. The molecule has 5 heteroatoms. The van der Waals surface area contributed by atoms with Crippen LogP contribution in [0.2, 0.25) is 0 Å². The molecule has 0 bridgehead atoms. The molecule has 0 radical (unpaired) electrons. The highest BCUT2D eigenvalue weighted by Crippen LogP contribution is 2.30. The van der Waals surface area contributed by atoms with Gasteiger partial charge in [-0.25, -0.2) is 14.8 Å². The quantitative estimate of drug-likeness (QED) is 0.289. The van der Waals surface area contributed by atoms with Gasteiger partial charge < -0.3 is 5.11 Å². The summed E-state index contributed by atoms with van der Waals surface area (Å²) >= 11 is 6.09. The lowest BCUT2D eigenvalue weighted by atomic mass is 9.99. The Labute approximate surface area is 179 Å². The maximum atomic E-state index is 11.3. The molecule has 0 fully saturated rings. The molecule has 158 valence electrons. The second kappa shape index (κ2) is 11.9. The summed E-state index contributed by atoms with van der Waals surface area (Å²) in [5, 5.41) is 9.22. The van der Waals surface area contributed by atoms with Crippen molar-refractivity contribution in [3.05, 3.63) is 47.8 Å². The van der Waals surface area contributed by atoms with Gasteiger partial charge in [-0.2, -0.15) is 0 Å². The second-order valence-electron chi connectivity index (χ2n) is 7.88. The third kappa shape index (κ3) is 7.43. The molecule has 0 aliphatic heterocycles. The van der Waals surface area contributed by atoms with Gasteiger partial charge in [0.1, 0.15) is 0 Å². The third-order valence-electron chi connectivity index (χ3n) is 5.36. The first-order valence-electron chi connectivity index (χ1n) is 10.8. The molecule has 1 N–H and O–H groups in total. The highest BCUT2D eigenvalue weighted by atomic mass is 35.5. The highest BCUT2D eigenvalue weighted by molar-refractivity contribution is 6.33. The van der Waals surface area contributed by atoms with Gasteiger partial charge in [-0.3, -0.25) is 0 Å². The van der Waals surface area contributed by atoms with Crippen LogP contribution in [-0.4, -0.2) is 21.0 Å². The first-order valence-corrected chi connectivity index (χ1v) is 11.2. The number of carbonyl (C=O) groups is 1. The summed E-state index contributed by atoms with van der Waals surface area (Å²) in [6.45, 7) is 3.73. The lowest BCUT2D eigenvalue weighted by Crippen LogP contribution is -2.25. The molecule has 1 aromatic carbocycles. The Balaban J connectivity index is 1.76. The standard InChI is InChI=1S/C24H33ClN2O2/c1-3-4-5-6-7-8-9-10-11-12-19-17-26-22(27-18-19)20-13-15-21(16-14-20)24(2,25)23(28)29/h13-18H,3-12H2,1-2H3,(H,28,29)/t24-/m1/s1. The van der Waals surface area contributed by atoms with Crippen LogP contribution >= 0.6 is 11.6 Å². The predicted octanol–water partition coefficient (Wildman–Crippen LogP) is 6.76. The molecular weight excluding hydrogens is 384 g/mol. The molecule has 0 aliphatic rings. The summed E-state index contributed by atoms with van der Waals surface area (Å²) in [4.78, 5) is 18.8. The first-order chi connectivity index (χ1) is 13.9. The molecule has 0 saturated carbocycles. The summed E-state index contributed by atoms with van der Waals surface area (Å²) in [7, 11) is 0. The van der Waals surface area contributed by atoms with Gasteiger partial charge in [-0.05, 0) is 30.9 Å².